The first-order chi connectivity index (χ1) is 10.5. The molecule has 1 amide bonds. The maximum absolute atomic E-state index is 12.6. The summed E-state index contributed by atoms with van der Waals surface area (Å²) in [6.45, 7) is 1.50. The van der Waals surface area contributed by atoms with Gasteiger partial charge in [0.25, 0.3) is 0 Å². The fraction of sp³-hybridized carbons (Fsp3) is 0.562. The SMILES string of the molecule is COc1ccc(CN(C)C(=O)C2(N)CCOCC2)c(OC)c1.Cl. The van der Waals surface area contributed by atoms with E-state index in [1.54, 1.807) is 32.2 Å². The maximum atomic E-state index is 12.6. The lowest BCUT2D eigenvalue weighted by Crippen LogP contribution is -2.57. The molecule has 1 aromatic carbocycles. The normalized spacial score (nSPS) is 16.2. The fourth-order valence-electron chi connectivity index (χ4n) is 2.64. The van der Waals surface area contributed by atoms with Gasteiger partial charge >= 0.3 is 0 Å². The Morgan fingerprint density at radius 3 is 2.52 bits per heavy atom. The van der Waals surface area contributed by atoms with Crippen molar-refractivity contribution in [3.63, 3.8) is 0 Å². The molecule has 0 aromatic heterocycles. The second-order valence-corrected chi connectivity index (χ2v) is 5.61. The van der Waals surface area contributed by atoms with Gasteiger partial charge in [-0.25, -0.2) is 0 Å². The monoisotopic (exact) mass is 344 g/mol. The molecule has 2 N–H and O–H groups in total. The summed E-state index contributed by atoms with van der Waals surface area (Å²) in [4.78, 5) is 14.3. The standard InChI is InChI=1S/C16H24N2O4.ClH/c1-18(15(19)16(17)6-8-22-9-7-16)11-12-4-5-13(20-2)10-14(12)21-3;/h4-5,10H,6-9,11,17H2,1-3H3;1H. The van der Waals surface area contributed by atoms with Crippen molar-refractivity contribution < 1.29 is 19.0 Å². The summed E-state index contributed by atoms with van der Waals surface area (Å²) < 4.78 is 15.8. The van der Waals surface area contributed by atoms with Crippen molar-refractivity contribution in [2.75, 3.05) is 34.5 Å². The van der Waals surface area contributed by atoms with Gasteiger partial charge in [-0.2, -0.15) is 0 Å². The van der Waals surface area contributed by atoms with Crippen molar-refractivity contribution in [3.8, 4) is 11.5 Å². The predicted molar refractivity (Wildman–Crippen MR) is 90.2 cm³/mol. The number of rotatable bonds is 5. The highest BCUT2D eigenvalue weighted by Gasteiger charge is 2.38. The molecule has 0 saturated carbocycles. The van der Waals surface area contributed by atoms with E-state index in [-0.39, 0.29) is 18.3 Å². The zero-order chi connectivity index (χ0) is 16.2. The van der Waals surface area contributed by atoms with Crippen LogP contribution in [0.25, 0.3) is 0 Å². The van der Waals surface area contributed by atoms with E-state index >= 15 is 0 Å². The van der Waals surface area contributed by atoms with Gasteiger partial charge in [0.2, 0.25) is 5.91 Å². The first-order valence-corrected chi connectivity index (χ1v) is 7.33. The first-order valence-electron chi connectivity index (χ1n) is 7.33. The molecule has 0 atom stereocenters. The number of carbonyl (C=O) groups excluding carboxylic acids is 1. The number of nitrogens with zero attached hydrogens (tertiary/aromatic N) is 1. The summed E-state index contributed by atoms with van der Waals surface area (Å²) in [5, 5.41) is 0. The van der Waals surface area contributed by atoms with Crippen molar-refractivity contribution in [1.82, 2.24) is 4.90 Å². The number of hydrogen-bond acceptors (Lipinski definition) is 5. The Bertz CT molecular complexity index is 533. The van der Waals surface area contributed by atoms with Gasteiger partial charge in [-0.1, -0.05) is 0 Å². The number of hydrogen-bond donors (Lipinski definition) is 1. The number of methoxy groups -OCH3 is 2. The molecule has 1 aliphatic rings. The highest BCUT2D eigenvalue weighted by molar-refractivity contribution is 5.86. The van der Waals surface area contributed by atoms with Crippen LogP contribution in [0, 0.1) is 0 Å². The van der Waals surface area contributed by atoms with Crippen molar-refractivity contribution in [1.29, 1.82) is 0 Å². The van der Waals surface area contributed by atoms with Gasteiger partial charge in [-0.3, -0.25) is 4.79 Å². The number of nitrogens with two attached hydrogens (primary N) is 1. The van der Waals surface area contributed by atoms with Gasteiger partial charge in [0.15, 0.2) is 0 Å². The third-order valence-corrected chi connectivity index (χ3v) is 4.06. The minimum atomic E-state index is -0.827. The van der Waals surface area contributed by atoms with Crippen LogP contribution in [0.3, 0.4) is 0 Å². The molecule has 1 heterocycles. The Morgan fingerprint density at radius 1 is 1.30 bits per heavy atom. The average molecular weight is 345 g/mol. The molecule has 0 bridgehead atoms. The predicted octanol–water partition coefficient (Wildman–Crippen LogP) is 1.59. The molecule has 130 valence electrons. The van der Waals surface area contributed by atoms with Crippen LogP contribution in [0.1, 0.15) is 18.4 Å². The quantitative estimate of drug-likeness (QED) is 0.878. The molecule has 0 radical (unpaired) electrons. The minimum Gasteiger partial charge on any atom is -0.497 e. The molecule has 1 aliphatic heterocycles. The van der Waals surface area contributed by atoms with E-state index in [0.29, 0.717) is 44.1 Å². The number of benzene rings is 1. The van der Waals surface area contributed by atoms with Crippen LogP contribution >= 0.6 is 12.4 Å². The molecule has 0 spiro atoms. The van der Waals surface area contributed by atoms with Gasteiger partial charge in [0.1, 0.15) is 11.5 Å². The highest BCUT2D eigenvalue weighted by Crippen LogP contribution is 2.27. The fourth-order valence-corrected chi connectivity index (χ4v) is 2.64. The van der Waals surface area contributed by atoms with E-state index in [9.17, 15) is 4.79 Å². The van der Waals surface area contributed by atoms with Crippen molar-refractivity contribution in [2.45, 2.75) is 24.9 Å². The minimum absolute atomic E-state index is 0. The number of halogens is 1. The molecule has 2 rings (SSSR count). The van der Waals surface area contributed by atoms with Gasteiger partial charge in [-0.05, 0) is 25.0 Å². The van der Waals surface area contributed by atoms with E-state index in [1.807, 2.05) is 12.1 Å². The summed E-state index contributed by atoms with van der Waals surface area (Å²) in [7, 11) is 4.96. The van der Waals surface area contributed by atoms with Crippen molar-refractivity contribution >= 4 is 18.3 Å². The third-order valence-electron chi connectivity index (χ3n) is 4.06. The van der Waals surface area contributed by atoms with Gasteiger partial charge in [0.05, 0.1) is 19.8 Å². The molecule has 0 aliphatic carbocycles. The molecule has 7 heteroatoms. The number of likely N-dealkylation sites (N-methyl/N-ethyl adjacent to an activating group) is 1. The van der Waals surface area contributed by atoms with Gasteiger partial charge in [0, 0.05) is 38.4 Å². The summed E-state index contributed by atoms with van der Waals surface area (Å²) in [6.07, 6.45) is 1.10. The molecular formula is C16H25ClN2O4. The van der Waals surface area contributed by atoms with Crippen LogP contribution in [0.15, 0.2) is 18.2 Å². The second-order valence-electron chi connectivity index (χ2n) is 5.61. The summed E-state index contributed by atoms with van der Waals surface area (Å²) in [6, 6.07) is 5.55. The Hall–Kier alpha value is -1.50. The number of carbonyl (C=O) groups is 1. The lowest BCUT2D eigenvalue weighted by molar-refractivity contribution is -0.139. The molecule has 1 saturated heterocycles. The Balaban J connectivity index is 0.00000264. The largest absolute Gasteiger partial charge is 0.497 e. The lowest BCUT2D eigenvalue weighted by atomic mass is 9.89. The summed E-state index contributed by atoms with van der Waals surface area (Å²) >= 11 is 0. The van der Waals surface area contributed by atoms with Gasteiger partial charge in [-0.15, -0.1) is 12.4 Å². The topological polar surface area (TPSA) is 74.0 Å². The van der Waals surface area contributed by atoms with E-state index in [4.69, 9.17) is 19.9 Å². The Morgan fingerprint density at radius 2 is 1.96 bits per heavy atom. The molecule has 6 nitrogen and oxygen atoms in total. The maximum Gasteiger partial charge on any atom is 0.242 e. The Labute approximate surface area is 143 Å². The van der Waals surface area contributed by atoms with Crippen LogP contribution in [0.5, 0.6) is 11.5 Å². The van der Waals surface area contributed by atoms with Crippen LogP contribution < -0.4 is 15.2 Å². The summed E-state index contributed by atoms with van der Waals surface area (Å²) in [5.74, 6) is 1.35. The smallest absolute Gasteiger partial charge is 0.242 e. The van der Waals surface area contributed by atoms with Crippen LogP contribution in [0.2, 0.25) is 0 Å². The van der Waals surface area contributed by atoms with E-state index in [0.717, 1.165) is 5.56 Å². The lowest BCUT2D eigenvalue weighted by Gasteiger charge is -2.35. The van der Waals surface area contributed by atoms with E-state index in [2.05, 4.69) is 0 Å². The number of amides is 1. The third kappa shape index (κ3) is 4.50. The zero-order valence-corrected chi connectivity index (χ0v) is 14.6. The molecule has 1 aromatic rings. The van der Waals surface area contributed by atoms with Crippen molar-refractivity contribution in [3.05, 3.63) is 23.8 Å². The molecule has 0 unspecified atom stereocenters. The van der Waals surface area contributed by atoms with E-state index < -0.39 is 5.54 Å². The number of ether oxygens (including phenoxy) is 3. The zero-order valence-electron chi connectivity index (χ0n) is 13.8. The highest BCUT2D eigenvalue weighted by atomic mass is 35.5. The van der Waals surface area contributed by atoms with Crippen molar-refractivity contribution in [2.24, 2.45) is 5.73 Å². The van der Waals surface area contributed by atoms with Crippen LogP contribution in [-0.4, -0.2) is 50.8 Å². The molecule has 23 heavy (non-hydrogen) atoms. The summed E-state index contributed by atoms with van der Waals surface area (Å²) in [5.41, 5.74) is 6.34. The Kier molecular flexibility index (Phi) is 7.12. The average Bonchev–Trinajstić information content (AvgIpc) is 2.55. The molecule has 1 fully saturated rings. The van der Waals surface area contributed by atoms with Crippen LogP contribution in [-0.2, 0) is 16.1 Å². The first kappa shape index (κ1) is 19.5. The molecular weight excluding hydrogens is 320 g/mol. The second kappa shape index (κ2) is 8.38. The van der Waals surface area contributed by atoms with E-state index in [1.165, 1.54) is 0 Å². The van der Waals surface area contributed by atoms with Gasteiger partial charge < -0.3 is 24.8 Å². The van der Waals surface area contributed by atoms with Crippen LogP contribution in [0.4, 0.5) is 0 Å².